The van der Waals surface area contributed by atoms with Crippen LogP contribution in [0.25, 0.3) is 0 Å². The molecule has 1 aromatic heterocycles. The van der Waals surface area contributed by atoms with Crippen LogP contribution in [0, 0.1) is 0 Å². The van der Waals surface area contributed by atoms with E-state index in [4.69, 9.17) is 0 Å². The minimum atomic E-state index is -0.568. The lowest BCUT2D eigenvalue weighted by Gasteiger charge is -2.27. The van der Waals surface area contributed by atoms with E-state index in [1.807, 2.05) is 33.2 Å². The van der Waals surface area contributed by atoms with Crippen molar-refractivity contribution in [3.8, 4) is 0 Å². The first-order valence-electron chi connectivity index (χ1n) is 5.28. The Morgan fingerprint density at radius 2 is 2.12 bits per heavy atom. The Labute approximate surface area is 109 Å². The van der Waals surface area contributed by atoms with Crippen LogP contribution in [0.3, 0.4) is 0 Å². The molecule has 0 saturated carbocycles. The summed E-state index contributed by atoms with van der Waals surface area (Å²) < 4.78 is 1.75. The Balaban J connectivity index is 0.00000256. The number of carbonyl (C=O) groups excluding carboxylic acids is 1. The van der Waals surface area contributed by atoms with Gasteiger partial charge >= 0.3 is 0 Å². The number of hydrogen-bond donors (Lipinski definition) is 1. The number of halogens is 1. The van der Waals surface area contributed by atoms with Crippen molar-refractivity contribution in [2.24, 2.45) is 7.05 Å². The molecule has 0 fully saturated rings. The van der Waals surface area contributed by atoms with Gasteiger partial charge in [0.1, 0.15) is 0 Å². The van der Waals surface area contributed by atoms with Crippen LogP contribution in [0.1, 0.15) is 19.5 Å². The van der Waals surface area contributed by atoms with Crippen molar-refractivity contribution >= 4 is 18.3 Å². The average Bonchev–Trinajstić information content (AvgIpc) is 2.60. The molecule has 0 radical (unpaired) electrons. The van der Waals surface area contributed by atoms with Crippen LogP contribution in [0.4, 0.5) is 0 Å². The number of nitrogens with zero attached hydrogens (tertiary/aromatic N) is 3. The van der Waals surface area contributed by atoms with Gasteiger partial charge in [0.2, 0.25) is 5.91 Å². The first-order valence-corrected chi connectivity index (χ1v) is 5.28. The highest BCUT2D eigenvalue weighted by atomic mass is 35.5. The molecule has 0 aromatic carbocycles. The van der Waals surface area contributed by atoms with E-state index in [0.29, 0.717) is 6.54 Å². The molecule has 98 valence electrons. The molecule has 0 unspecified atom stereocenters. The van der Waals surface area contributed by atoms with Crippen molar-refractivity contribution in [3.63, 3.8) is 0 Å². The normalized spacial score (nSPS) is 10.9. The fourth-order valence-electron chi connectivity index (χ4n) is 1.50. The molecule has 0 saturated heterocycles. The maximum absolute atomic E-state index is 11.8. The Morgan fingerprint density at radius 1 is 1.53 bits per heavy atom. The van der Waals surface area contributed by atoms with Crippen LogP contribution in [-0.2, 0) is 18.4 Å². The molecule has 0 bridgehead atoms. The van der Waals surface area contributed by atoms with Gasteiger partial charge in [0.15, 0.2) is 0 Å². The highest BCUT2D eigenvalue weighted by Gasteiger charge is 2.28. The van der Waals surface area contributed by atoms with E-state index in [2.05, 4.69) is 10.4 Å². The molecule has 0 atom stereocenters. The van der Waals surface area contributed by atoms with E-state index >= 15 is 0 Å². The molecule has 6 heteroatoms. The van der Waals surface area contributed by atoms with Crippen molar-refractivity contribution in [2.45, 2.75) is 25.9 Å². The van der Waals surface area contributed by atoms with Gasteiger partial charge in [-0.25, -0.2) is 0 Å². The van der Waals surface area contributed by atoms with Gasteiger partial charge in [0.05, 0.1) is 11.2 Å². The Morgan fingerprint density at radius 3 is 2.53 bits per heavy atom. The fraction of sp³-hybridized carbons (Fsp3) is 0.636. The second kappa shape index (κ2) is 6.02. The third kappa shape index (κ3) is 4.36. The second-order valence-corrected chi connectivity index (χ2v) is 4.66. The summed E-state index contributed by atoms with van der Waals surface area (Å²) in [7, 11) is 5.39. The van der Waals surface area contributed by atoms with E-state index in [1.54, 1.807) is 23.7 Å². The summed E-state index contributed by atoms with van der Waals surface area (Å²) in [6.07, 6.45) is 1.89. The highest BCUT2D eigenvalue weighted by molar-refractivity contribution is 5.85. The van der Waals surface area contributed by atoms with E-state index in [9.17, 15) is 4.79 Å². The Hall–Kier alpha value is -1.07. The van der Waals surface area contributed by atoms with Gasteiger partial charge in [0.25, 0.3) is 0 Å². The van der Waals surface area contributed by atoms with Crippen LogP contribution in [0.15, 0.2) is 12.3 Å². The highest BCUT2D eigenvalue weighted by Crippen LogP contribution is 2.07. The van der Waals surface area contributed by atoms with Crippen LogP contribution < -0.4 is 5.32 Å². The zero-order valence-corrected chi connectivity index (χ0v) is 11.8. The summed E-state index contributed by atoms with van der Waals surface area (Å²) in [6, 6.07) is 1.93. The molecule has 1 aromatic rings. The number of rotatable bonds is 4. The van der Waals surface area contributed by atoms with Crippen LogP contribution in [-0.4, -0.2) is 40.2 Å². The zero-order chi connectivity index (χ0) is 12.3. The molecular formula is C11H21ClN4O. The van der Waals surface area contributed by atoms with Crippen molar-refractivity contribution in [2.75, 3.05) is 14.1 Å². The van der Waals surface area contributed by atoms with Gasteiger partial charge in [0, 0.05) is 33.9 Å². The minimum Gasteiger partial charge on any atom is -0.347 e. The third-order valence-electron chi connectivity index (χ3n) is 2.42. The van der Waals surface area contributed by atoms with Gasteiger partial charge < -0.3 is 4.90 Å². The Kier molecular flexibility index (Phi) is 5.64. The summed E-state index contributed by atoms with van der Waals surface area (Å²) >= 11 is 0. The number of aryl methyl sites for hydroxylation is 1. The predicted molar refractivity (Wildman–Crippen MR) is 70.1 cm³/mol. The third-order valence-corrected chi connectivity index (χ3v) is 2.42. The van der Waals surface area contributed by atoms with E-state index in [0.717, 1.165) is 5.69 Å². The Bertz CT molecular complexity index is 373. The molecule has 0 aliphatic heterocycles. The molecular weight excluding hydrogens is 240 g/mol. The summed E-state index contributed by atoms with van der Waals surface area (Å²) in [6.45, 7) is 4.34. The first-order chi connectivity index (χ1) is 7.33. The number of carbonyl (C=O) groups is 1. The van der Waals surface area contributed by atoms with E-state index in [1.165, 1.54) is 0 Å². The molecule has 0 spiro atoms. The molecule has 1 rings (SSSR count). The number of nitrogens with one attached hydrogen (secondary N) is 1. The molecule has 0 aliphatic rings. The molecule has 0 aliphatic carbocycles. The molecule has 1 N–H and O–H groups in total. The minimum absolute atomic E-state index is 0. The smallest absolute Gasteiger partial charge is 0.241 e. The van der Waals surface area contributed by atoms with Gasteiger partial charge in [-0.2, -0.15) is 5.10 Å². The van der Waals surface area contributed by atoms with E-state index < -0.39 is 5.54 Å². The monoisotopic (exact) mass is 260 g/mol. The lowest BCUT2D eigenvalue weighted by atomic mass is 10.0. The van der Waals surface area contributed by atoms with Gasteiger partial charge in [-0.15, -0.1) is 12.4 Å². The van der Waals surface area contributed by atoms with Gasteiger partial charge in [-0.1, -0.05) is 0 Å². The van der Waals surface area contributed by atoms with Crippen molar-refractivity contribution in [1.82, 2.24) is 20.0 Å². The quantitative estimate of drug-likeness (QED) is 0.871. The number of hydrogen-bond acceptors (Lipinski definition) is 3. The summed E-state index contributed by atoms with van der Waals surface area (Å²) in [5.41, 5.74) is 0.364. The summed E-state index contributed by atoms with van der Waals surface area (Å²) in [5.74, 6) is 0.0587. The van der Waals surface area contributed by atoms with Gasteiger partial charge in [-0.05, 0) is 19.9 Å². The zero-order valence-electron chi connectivity index (χ0n) is 11.0. The maximum Gasteiger partial charge on any atom is 0.241 e. The fourth-order valence-corrected chi connectivity index (χ4v) is 1.50. The summed E-state index contributed by atoms with van der Waals surface area (Å²) in [5, 5.41) is 7.45. The molecule has 5 nitrogen and oxygen atoms in total. The predicted octanol–water partition coefficient (Wildman–Crippen LogP) is 0.798. The summed E-state index contributed by atoms with van der Waals surface area (Å²) in [4.78, 5) is 13.4. The van der Waals surface area contributed by atoms with Crippen molar-refractivity contribution in [3.05, 3.63) is 18.0 Å². The van der Waals surface area contributed by atoms with E-state index in [-0.39, 0.29) is 18.3 Å². The lowest BCUT2D eigenvalue weighted by molar-refractivity contribution is -0.134. The second-order valence-electron chi connectivity index (χ2n) is 4.66. The lowest BCUT2D eigenvalue weighted by Crippen LogP contribution is -2.51. The average molecular weight is 261 g/mol. The topological polar surface area (TPSA) is 50.2 Å². The maximum atomic E-state index is 11.8. The number of amides is 1. The standard InChI is InChI=1S/C11H20N4O.ClH/c1-11(2,10(16)14(3)4)12-8-9-6-7-15(5)13-9;/h6-7,12H,8H2,1-5H3;1H. The number of likely N-dealkylation sites (N-methyl/N-ethyl adjacent to an activating group) is 1. The van der Waals surface area contributed by atoms with Gasteiger partial charge in [-0.3, -0.25) is 14.8 Å². The SMILES string of the molecule is CN(C)C(=O)C(C)(C)NCc1ccn(C)n1.Cl. The largest absolute Gasteiger partial charge is 0.347 e. The first kappa shape index (κ1) is 15.9. The molecule has 1 heterocycles. The van der Waals surface area contributed by atoms with Crippen LogP contribution in [0.2, 0.25) is 0 Å². The van der Waals surface area contributed by atoms with Crippen LogP contribution >= 0.6 is 12.4 Å². The van der Waals surface area contributed by atoms with Crippen molar-refractivity contribution < 1.29 is 4.79 Å². The molecule has 1 amide bonds. The van der Waals surface area contributed by atoms with Crippen LogP contribution in [0.5, 0.6) is 0 Å². The van der Waals surface area contributed by atoms with Crippen molar-refractivity contribution in [1.29, 1.82) is 0 Å². The molecule has 17 heavy (non-hydrogen) atoms. The number of aromatic nitrogens is 2.